The number of nitrogens with two attached hydrogens (primary N) is 3. The Balaban J connectivity index is 2.10. The Bertz CT molecular complexity index is 770. The standard InChI is InChI=1S/C12H11N7S/c13-8-5-9(14)18-12(17-8)20-10-6-3-1-2-4-7(6)16-11(15)19-10/h1-5H,(H2,15,16,19)(H4,13,14,17,18). The van der Waals surface area contributed by atoms with E-state index >= 15 is 0 Å². The largest absolute Gasteiger partial charge is 0.383 e. The van der Waals surface area contributed by atoms with Gasteiger partial charge in [0.25, 0.3) is 0 Å². The van der Waals surface area contributed by atoms with Crippen molar-refractivity contribution in [1.29, 1.82) is 0 Å². The van der Waals surface area contributed by atoms with Crippen molar-refractivity contribution >= 4 is 40.2 Å². The van der Waals surface area contributed by atoms with E-state index in [4.69, 9.17) is 17.2 Å². The summed E-state index contributed by atoms with van der Waals surface area (Å²) in [6, 6.07) is 9.06. The van der Waals surface area contributed by atoms with Gasteiger partial charge >= 0.3 is 0 Å². The quantitative estimate of drug-likeness (QED) is 0.474. The van der Waals surface area contributed by atoms with Crippen molar-refractivity contribution in [2.24, 2.45) is 0 Å². The molecule has 2 aromatic heterocycles. The lowest BCUT2D eigenvalue weighted by Gasteiger charge is -2.06. The van der Waals surface area contributed by atoms with Crippen LogP contribution in [0.1, 0.15) is 0 Å². The van der Waals surface area contributed by atoms with Gasteiger partial charge < -0.3 is 17.2 Å². The predicted molar refractivity (Wildman–Crippen MR) is 78.9 cm³/mol. The fourth-order valence-corrected chi connectivity index (χ4v) is 2.63. The maximum absolute atomic E-state index is 5.71. The Morgan fingerprint density at radius 1 is 0.850 bits per heavy atom. The molecule has 6 N–H and O–H groups in total. The number of nitrogens with zero attached hydrogens (tertiary/aromatic N) is 4. The van der Waals surface area contributed by atoms with Crippen LogP contribution in [0.4, 0.5) is 17.6 Å². The predicted octanol–water partition coefficient (Wildman–Crippen LogP) is 1.32. The van der Waals surface area contributed by atoms with Gasteiger partial charge in [-0.15, -0.1) is 0 Å². The molecule has 0 aliphatic rings. The molecule has 0 aliphatic carbocycles. The van der Waals surface area contributed by atoms with Gasteiger partial charge in [-0.25, -0.2) is 19.9 Å². The fraction of sp³-hybridized carbons (Fsp3) is 0. The second-order valence-electron chi connectivity index (χ2n) is 4.01. The third kappa shape index (κ3) is 2.41. The van der Waals surface area contributed by atoms with Crippen LogP contribution in [0.2, 0.25) is 0 Å². The summed E-state index contributed by atoms with van der Waals surface area (Å²) in [5.74, 6) is 0.820. The van der Waals surface area contributed by atoms with E-state index < -0.39 is 0 Å². The number of fused-ring (bicyclic) bond motifs is 1. The molecule has 20 heavy (non-hydrogen) atoms. The average molecular weight is 285 g/mol. The zero-order chi connectivity index (χ0) is 14.1. The van der Waals surface area contributed by atoms with E-state index in [1.54, 1.807) is 0 Å². The maximum Gasteiger partial charge on any atom is 0.221 e. The normalized spacial score (nSPS) is 10.8. The zero-order valence-electron chi connectivity index (χ0n) is 10.3. The van der Waals surface area contributed by atoms with Crippen LogP contribution in [0, 0.1) is 0 Å². The number of nitrogen functional groups attached to an aromatic ring is 3. The number of benzene rings is 1. The van der Waals surface area contributed by atoms with E-state index in [0.717, 1.165) is 10.9 Å². The smallest absolute Gasteiger partial charge is 0.221 e. The Hall–Kier alpha value is -2.61. The second kappa shape index (κ2) is 4.82. The van der Waals surface area contributed by atoms with Crippen LogP contribution < -0.4 is 17.2 Å². The topological polar surface area (TPSA) is 130 Å². The average Bonchev–Trinajstić information content (AvgIpc) is 2.37. The molecule has 0 bridgehead atoms. The summed E-state index contributed by atoms with van der Waals surface area (Å²) in [6.45, 7) is 0. The van der Waals surface area contributed by atoms with Crippen LogP contribution in [-0.4, -0.2) is 19.9 Å². The molecule has 1 aromatic carbocycles. The van der Waals surface area contributed by atoms with Gasteiger partial charge in [0.2, 0.25) is 5.95 Å². The van der Waals surface area contributed by atoms with E-state index in [0.29, 0.717) is 21.8 Å². The van der Waals surface area contributed by atoms with E-state index in [-0.39, 0.29) is 5.95 Å². The molecule has 0 atom stereocenters. The Morgan fingerprint density at radius 2 is 1.55 bits per heavy atom. The monoisotopic (exact) mass is 285 g/mol. The minimum absolute atomic E-state index is 0.197. The highest BCUT2D eigenvalue weighted by Gasteiger charge is 2.10. The van der Waals surface area contributed by atoms with Crippen molar-refractivity contribution in [1.82, 2.24) is 19.9 Å². The highest BCUT2D eigenvalue weighted by atomic mass is 32.2. The summed E-state index contributed by atoms with van der Waals surface area (Å²) < 4.78 is 0. The van der Waals surface area contributed by atoms with Crippen molar-refractivity contribution in [2.45, 2.75) is 10.2 Å². The molecule has 2 heterocycles. The van der Waals surface area contributed by atoms with Crippen molar-refractivity contribution in [2.75, 3.05) is 17.2 Å². The molecule has 0 radical (unpaired) electrons. The molecule has 100 valence electrons. The Morgan fingerprint density at radius 3 is 2.30 bits per heavy atom. The van der Waals surface area contributed by atoms with Crippen LogP contribution in [-0.2, 0) is 0 Å². The number of aromatic nitrogens is 4. The fourth-order valence-electron chi connectivity index (χ4n) is 1.74. The molecule has 3 aromatic rings. The molecule has 7 nitrogen and oxygen atoms in total. The number of para-hydroxylation sites is 1. The summed E-state index contributed by atoms with van der Waals surface area (Å²) in [5.41, 5.74) is 17.8. The lowest BCUT2D eigenvalue weighted by molar-refractivity contribution is 0.978. The number of hydrogen-bond acceptors (Lipinski definition) is 8. The molecule has 0 fully saturated rings. The van der Waals surface area contributed by atoms with Crippen LogP contribution >= 0.6 is 11.8 Å². The van der Waals surface area contributed by atoms with Gasteiger partial charge in [0.05, 0.1) is 5.52 Å². The van der Waals surface area contributed by atoms with Crippen molar-refractivity contribution < 1.29 is 0 Å². The van der Waals surface area contributed by atoms with E-state index in [1.807, 2.05) is 24.3 Å². The van der Waals surface area contributed by atoms with E-state index in [2.05, 4.69) is 19.9 Å². The lowest BCUT2D eigenvalue weighted by Crippen LogP contribution is -2.01. The van der Waals surface area contributed by atoms with Gasteiger partial charge in [0.1, 0.15) is 16.7 Å². The molecule has 0 saturated heterocycles. The van der Waals surface area contributed by atoms with Gasteiger partial charge in [0, 0.05) is 11.5 Å². The molecule has 0 spiro atoms. The van der Waals surface area contributed by atoms with E-state index in [1.165, 1.54) is 17.8 Å². The van der Waals surface area contributed by atoms with Gasteiger partial charge in [0.15, 0.2) is 5.16 Å². The molecule has 3 rings (SSSR count). The molecule has 0 saturated carbocycles. The van der Waals surface area contributed by atoms with Gasteiger partial charge in [-0.1, -0.05) is 18.2 Å². The second-order valence-corrected chi connectivity index (χ2v) is 4.96. The summed E-state index contributed by atoms with van der Waals surface area (Å²) in [4.78, 5) is 16.6. The van der Waals surface area contributed by atoms with Crippen LogP contribution in [0.15, 0.2) is 40.5 Å². The first-order chi connectivity index (χ1) is 9.61. The van der Waals surface area contributed by atoms with Crippen LogP contribution in [0.5, 0.6) is 0 Å². The zero-order valence-corrected chi connectivity index (χ0v) is 11.1. The highest BCUT2D eigenvalue weighted by molar-refractivity contribution is 7.99. The maximum atomic E-state index is 5.71. The summed E-state index contributed by atoms with van der Waals surface area (Å²) in [5, 5.41) is 1.96. The third-order valence-electron chi connectivity index (χ3n) is 2.52. The Labute approximate surface area is 118 Å². The number of anilines is 3. The van der Waals surface area contributed by atoms with Gasteiger partial charge in [-0.05, 0) is 17.8 Å². The summed E-state index contributed by atoms with van der Waals surface area (Å²) in [7, 11) is 0. The number of rotatable bonds is 2. The lowest BCUT2D eigenvalue weighted by atomic mass is 10.2. The van der Waals surface area contributed by atoms with E-state index in [9.17, 15) is 0 Å². The number of hydrogen-bond donors (Lipinski definition) is 3. The molecular weight excluding hydrogens is 274 g/mol. The third-order valence-corrected chi connectivity index (χ3v) is 3.39. The summed E-state index contributed by atoms with van der Waals surface area (Å²) in [6.07, 6.45) is 0. The molecule has 0 aliphatic heterocycles. The Kier molecular flexibility index (Phi) is 2.99. The van der Waals surface area contributed by atoms with Crippen LogP contribution in [0.3, 0.4) is 0 Å². The van der Waals surface area contributed by atoms with Gasteiger partial charge in [-0.3, -0.25) is 0 Å². The molecular formula is C12H11N7S. The first kappa shape index (κ1) is 12.4. The van der Waals surface area contributed by atoms with Crippen LogP contribution in [0.25, 0.3) is 10.9 Å². The van der Waals surface area contributed by atoms with Crippen molar-refractivity contribution in [3.05, 3.63) is 30.3 Å². The highest BCUT2D eigenvalue weighted by Crippen LogP contribution is 2.30. The van der Waals surface area contributed by atoms with Gasteiger partial charge in [-0.2, -0.15) is 0 Å². The summed E-state index contributed by atoms with van der Waals surface area (Å²) >= 11 is 1.25. The first-order valence-corrected chi connectivity index (χ1v) is 6.53. The van der Waals surface area contributed by atoms with Crippen molar-refractivity contribution in [3.8, 4) is 0 Å². The molecule has 0 amide bonds. The minimum Gasteiger partial charge on any atom is -0.383 e. The molecule has 8 heteroatoms. The first-order valence-electron chi connectivity index (χ1n) is 5.72. The minimum atomic E-state index is 0.197. The SMILES string of the molecule is Nc1cc(N)nc(Sc2nc(N)nc3ccccc23)n1. The molecule has 0 unspecified atom stereocenters. The van der Waals surface area contributed by atoms with Crippen molar-refractivity contribution in [3.63, 3.8) is 0 Å².